The third-order valence-corrected chi connectivity index (χ3v) is 4.45. The van der Waals surface area contributed by atoms with Crippen LogP contribution in [0.1, 0.15) is 17.2 Å². The fraction of sp³-hybridized carbons (Fsp3) is 0.250. The summed E-state index contributed by atoms with van der Waals surface area (Å²) in [5, 5.41) is 3.34. The van der Waals surface area contributed by atoms with E-state index < -0.39 is 0 Å². The number of rotatable bonds is 5. The maximum absolute atomic E-state index is 5.35. The van der Waals surface area contributed by atoms with Crippen molar-refractivity contribution in [1.29, 1.82) is 0 Å². The second-order valence-corrected chi connectivity index (χ2v) is 6.30. The van der Waals surface area contributed by atoms with Gasteiger partial charge in [0, 0.05) is 15.0 Å². The van der Waals surface area contributed by atoms with Gasteiger partial charge in [0.2, 0.25) is 0 Å². The highest BCUT2D eigenvalue weighted by atomic mass is 79.9. The molecule has 0 saturated carbocycles. The molecule has 2 aromatic carbocycles. The lowest BCUT2D eigenvalue weighted by molar-refractivity contribution is 0.392. The van der Waals surface area contributed by atoms with Crippen molar-refractivity contribution in [3.05, 3.63) is 56.5 Å². The van der Waals surface area contributed by atoms with Gasteiger partial charge in [-0.25, -0.2) is 0 Å². The third-order valence-electron chi connectivity index (χ3n) is 3.27. The van der Waals surface area contributed by atoms with Crippen LogP contribution in [0.2, 0.25) is 0 Å². The van der Waals surface area contributed by atoms with Crippen molar-refractivity contribution >= 4 is 31.9 Å². The van der Waals surface area contributed by atoms with Crippen LogP contribution in [0.3, 0.4) is 0 Å². The lowest BCUT2D eigenvalue weighted by atomic mass is 9.98. The molecule has 112 valence electrons. The first kappa shape index (κ1) is 16.3. The van der Waals surface area contributed by atoms with Gasteiger partial charge in [-0.3, -0.25) is 0 Å². The lowest BCUT2D eigenvalue weighted by Gasteiger charge is -2.20. The molecule has 5 heteroatoms. The fourth-order valence-electron chi connectivity index (χ4n) is 2.23. The molecule has 0 aromatic heterocycles. The van der Waals surface area contributed by atoms with Crippen LogP contribution in [-0.2, 0) is 0 Å². The molecule has 0 radical (unpaired) electrons. The highest BCUT2D eigenvalue weighted by molar-refractivity contribution is 9.11. The molecule has 0 bridgehead atoms. The van der Waals surface area contributed by atoms with Gasteiger partial charge in [-0.05, 0) is 42.4 Å². The summed E-state index contributed by atoms with van der Waals surface area (Å²) < 4.78 is 12.8. The van der Waals surface area contributed by atoms with Crippen molar-refractivity contribution in [2.24, 2.45) is 0 Å². The minimum absolute atomic E-state index is 0.0384. The van der Waals surface area contributed by atoms with Gasteiger partial charge in [0.15, 0.2) is 0 Å². The van der Waals surface area contributed by atoms with Gasteiger partial charge in [0.1, 0.15) is 11.5 Å². The Morgan fingerprint density at radius 2 is 1.57 bits per heavy atom. The van der Waals surface area contributed by atoms with Crippen molar-refractivity contribution in [3.8, 4) is 11.5 Å². The molecule has 0 aliphatic rings. The van der Waals surface area contributed by atoms with Crippen LogP contribution in [0.25, 0.3) is 0 Å². The Morgan fingerprint density at radius 1 is 0.952 bits per heavy atom. The van der Waals surface area contributed by atoms with Gasteiger partial charge in [-0.2, -0.15) is 0 Å². The van der Waals surface area contributed by atoms with Crippen molar-refractivity contribution in [3.63, 3.8) is 0 Å². The van der Waals surface area contributed by atoms with Gasteiger partial charge in [-0.1, -0.05) is 37.9 Å². The number of hydrogen-bond donors (Lipinski definition) is 1. The van der Waals surface area contributed by atoms with E-state index in [2.05, 4.69) is 43.2 Å². The van der Waals surface area contributed by atoms with Gasteiger partial charge >= 0.3 is 0 Å². The Hall–Kier alpha value is -1.04. The number of benzene rings is 2. The Balaban J connectivity index is 2.50. The van der Waals surface area contributed by atoms with Crippen LogP contribution in [-0.4, -0.2) is 21.3 Å². The highest BCUT2D eigenvalue weighted by Gasteiger charge is 2.17. The Labute approximate surface area is 141 Å². The maximum Gasteiger partial charge on any atom is 0.122 e. The van der Waals surface area contributed by atoms with Gasteiger partial charge in [0.25, 0.3) is 0 Å². The molecule has 0 amide bonds. The minimum atomic E-state index is 0.0384. The largest absolute Gasteiger partial charge is 0.497 e. The molecule has 0 fully saturated rings. The van der Waals surface area contributed by atoms with E-state index in [1.165, 1.54) is 0 Å². The lowest BCUT2D eigenvalue weighted by Crippen LogP contribution is -2.18. The molecule has 0 aliphatic heterocycles. The SMILES string of the molecule is CNC(c1cc(OC)cc(OC)c1)c1ccc(Br)cc1Br. The summed E-state index contributed by atoms with van der Waals surface area (Å²) in [4.78, 5) is 0. The number of halogens is 2. The molecular formula is C16H17Br2NO2. The van der Waals surface area contributed by atoms with Crippen molar-refractivity contribution in [1.82, 2.24) is 5.32 Å². The Morgan fingerprint density at radius 3 is 2.05 bits per heavy atom. The van der Waals surface area contributed by atoms with Gasteiger partial charge in [0.05, 0.1) is 20.3 Å². The molecule has 0 heterocycles. The maximum atomic E-state index is 5.35. The molecule has 1 atom stereocenters. The van der Waals surface area contributed by atoms with Crippen LogP contribution in [0.5, 0.6) is 11.5 Å². The van der Waals surface area contributed by atoms with Gasteiger partial charge in [-0.15, -0.1) is 0 Å². The predicted octanol–water partition coefficient (Wildman–Crippen LogP) is 4.54. The molecule has 0 aliphatic carbocycles. The van der Waals surface area contributed by atoms with E-state index >= 15 is 0 Å². The molecule has 2 rings (SSSR count). The van der Waals surface area contributed by atoms with Crippen LogP contribution in [0.15, 0.2) is 45.3 Å². The summed E-state index contributed by atoms with van der Waals surface area (Å²) in [6.07, 6.45) is 0. The Kier molecular flexibility index (Phi) is 5.67. The van der Waals surface area contributed by atoms with Crippen molar-refractivity contribution < 1.29 is 9.47 Å². The molecule has 1 unspecified atom stereocenters. The van der Waals surface area contributed by atoms with Gasteiger partial charge < -0.3 is 14.8 Å². The average molecular weight is 415 g/mol. The predicted molar refractivity (Wildman–Crippen MR) is 92.3 cm³/mol. The minimum Gasteiger partial charge on any atom is -0.497 e. The average Bonchev–Trinajstić information content (AvgIpc) is 2.49. The number of methoxy groups -OCH3 is 2. The summed E-state index contributed by atoms with van der Waals surface area (Å²) in [7, 11) is 5.25. The molecule has 0 spiro atoms. The van der Waals surface area contributed by atoms with Crippen LogP contribution < -0.4 is 14.8 Å². The second kappa shape index (κ2) is 7.29. The molecule has 0 saturated heterocycles. The number of hydrogen-bond acceptors (Lipinski definition) is 3. The van der Waals surface area contributed by atoms with E-state index in [0.29, 0.717) is 0 Å². The first-order valence-corrected chi connectivity index (χ1v) is 8.02. The summed E-state index contributed by atoms with van der Waals surface area (Å²) in [5.74, 6) is 1.55. The first-order valence-electron chi connectivity index (χ1n) is 6.44. The Bertz CT molecular complexity index is 609. The summed E-state index contributed by atoms with van der Waals surface area (Å²) in [5.41, 5.74) is 2.23. The zero-order chi connectivity index (χ0) is 15.4. The smallest absolute Gasteiger partial charge is 0.122 e. The van der Waals surface area contributed by atoms with Crippen LogP contribution in [0, 0.1) is 0 Å². The standard InChI is InChI=1S/C16H17Br2NO2/c1-19-16(14-5-4-11(17)8-15(14)18)10-6-12(20-2)9-13(7-10)21-3/h4-9,16,19H,1-3H3. The van der Waals surface area contributed by atoms with E-state index in [9.17, 15) is 0 Å². The quantitative estimate of drug-likeness (QED) is 0.779. The highest BCUT2D eigenvalue weighted by Crippen LogP contribution is 2.34. The fourth-order valence-corrected chi connectivity index (χ4v) is 3.51. The third kappa shape index (κ3) is 3.78. The number of ether oxygens (including phenoxy) is 2. The van der Waals surface area contributed by atoms with E-state index in [1.54, 1.807) is 14.2 Å². The van der Waals surface area contributed by atoms with E-state index in [-0.39, 0.29) is 6.04 Å². The summed E-state index contributed by atoms with van der Waals surface area (Å²) in [6, 6.07) is 12.1. The topological polar surface area (TPSA) is 30.5 Å². The van der Waals surface area contributed by atoms with Crippen LogP contribution in [0.4, 0.5) is 0 Å². The zero-order valence-corrected chi connectivity index (χ0v) is 15.3. The van der Waals surface area contributed by atoms with E-state index in [4.69, 9.17) is 9.47 Å². The normalized spacial score (nSPS) is 12.0. The zero-order valence-electron chi connectivity index (χ0n) is 12.1. The molecule has 1 N–H and O–H groups in total. The van der Waals surface area contributed by atoms with Crippen molar-refractivity contribution in [2.45, 2.75) is 6.04 Å². The number of nitrogens with one attached hydrogen (secondary N) is 1. The van der Waals surface area contributed by atoms with E-state index in [1.807, 2.05) is 37.4 Å². The van der Waals surface area contributed by atoms with Crippen LogP contribution >= 0.6 is 31.9 Å². The monoisotopic (exact) mass is 413 g/mol. The summed E-state index contributed by atoms with van der Waals surface area (Å²) in [6.45, 7) is 0. The van der Waals surface area contributed by atoms with Crippen molar-refractivity contribution in [2.75, 3.05) is 21.3 Å². The summed E-state index contributed by atoms with van der Waals surface area (Å²) >= 11 is 7.10. The van der Waals surface area contributed by atoms with E-state index in [0.717, 1.165) is 31.6 Å². The second-order valence-electron chi connectivity index (χ2n) is 4.53. The molecular weight excluding hydrogens is 398 g/mol. The molecule has 3 nitrogen and oxygen atoms in total. The molecule has 21 heavy (non-hydrogen) atoms. The molecule has 2 aromatic rings. The first-order chi connectivity index (χ1) is 10.1.